The Kier molecular flexibility index (Phi) is 3.23. The SMILES string of the molecule is O=S(=O)=C1C=CC=C2N=NC(N3CC(F)(F)C[C@H]3CF)=C21. The summed E-state index contributed by atoms with van der Waals surface area (Å²) < 4.78 is 62.5. The van der Waals surface area contributed by atoms with Crippen molar-refractivity contribution in [2.75, 3.05) is 13.2 Å². The zero-order valence-corrected chi connectivity index (χ0v) is 11.4. The predicted octanol–water partition coefficient (Wildman–Crippen LogP) is 1.85. The molecule has 1 fully saturated rings. The highest BCUT2D eigenvalue weighted by Crippen LogP contribution is 2.40. The van der Waals surface area contributed by atoms with E-state index in [1.165, 1.54) is 18.2 Å². The van der Waals surface area contributed by atoms with Gasteiger partial charge in [0.2, 0.25) is 10.3 Å². The van der Waals surface area contributed by atoms with Gasteiger partial charge in [-0.15, -0.1) is 10.2 Å². The molecule has 9 heteroatoms. The third-order valence-electron chi connectivity index (χ3n) is 3.49. The maximum Gasteiger partial charge on any atom is 0.267 e. The van der Waals surface area contributed by atoms with Crippen molar-refractivity contribution in [2.45, 2.75) is 18.4 Å². The maximum absolute atomic E-state index is 13.5. The first-order valence-corrected chi connectivity index (χ1v) is 7.22. The summed E-state index contributed by atoms with van der Waals surface area (Å²) in [6, 6.07) is -1.03. The molecule has 1 atom stereocenters. The van der Waals surface area contributed by atoms with Crippen LogP contribution in [0.5, 0.6) is 0 Å². The number of allylic oxidation sites excluding steroid dienone is 4. The molecule has 0 aromatic heterocycles. The quantitative estimate of drug-likeness (QED) is 0.730. The van der Waals surface area contributed by atoms with Crippen molar-refractivity contribution < 1.29 is 21.6 Å². The molecular formula is C12H10F3N3O2S. The van der Waals surface area contributed by atoms with Crippen LogP contribution in [0.15, 0.2) is 45.5 Å². The van der Waals surface area contributed by atoms with Crippen LogP contribution in [0.1, 0.15) is 6.42 Å². The van der Waals surface area contributed by atoms with E-state index in [1.807, 2.05) is 0 Å². The predicted molar refractivity (Wildman–Crippen MR) is 69.1 cm³/mol. The molecule has 112 valence electrons. The minimum Gasteiger partial charge on any atom is -0.343 e. The van der Waals surface area contributed by atoms with E-state index in [2.05, 4.69) is 10.2 Å². The summed E-state index contributed by atoms with van der Waals surface area (Å²) in [6.07, 6.45) is 3.72. The molecule has 2 aliphatic heterocycles. The highest BCUT2D eigenvalue weighted by atomic mass is 32.2. The molecule has 0 aromatic rings. The first-order valence-electron chi connectivity index (χ1n) is 6.15. The molecule has 0 amide bonds. The second kappa shape index (κ2) is 4.83. The fourth-order valence-corrected chi connectivity index (χ4v) is 3.15. The number of rotatable bonds is 2. The van der Waals surface area contributed by atoms with Crippen LogP contribution in [0.4, 0.5) is 13.2 Å². The first kappa shape index (κ1) is 14.1. The van der Waals surface area contributed by atoms with E-state index in [-0.39, 0.29) is 22.0 Å². The first-order chi connectivity index (χ1) is 9.93. The average molecular weight is 317 g/mol. The number of likely N-dealkylation sites (tertiary alicyclic amines) is 1. The Bertz CT molecular complexity index is 742. The van der Waals surface area contributed by atoms with Crippen molar-refractivity contribution in [1.82, 2.24) is 4.90 Å². The molecule has 21 heavy (non-hydrogen) atoms. The van der Waals surface area contributed by atoms with E-state index >= 15 is 0 Å². The van der Waals surface area contributed by atoms with E-state index < -0.39 is 41.9 Å². The summed E-state index contributed by atoms with van der Waals surface area (Å²) in [6.45, 7) is -1.66. The Labute approximate surface area is 119 Å². The second-order valence-electron chi connectivity index (χ2n) is 4.90. The van der Waals surface area contributed by atoms with Crippen LogP contribution in [-0.4, -0.2) is 43.4 Å². The van der Waals surface area contributed by atoms with Crippen molar-refractivity contribution >= 4 is 15.2 Å². The summed E-state index contributed by atoms with van der Waals surface area (Å²) >= 11 is 0. The molecule has 0 unspecified atom stereocenters. The molecule has 0 spiro atoms. The Balaban J connectivity index is 2.12. The number of halogens is 3. The van der Waals surface area contributed by atoms with Crippen molar-refractivity contribution in [2.24, 2.45) is 10.2 Å². The van der Waals surface area contributed by atoms with Gasteiger partial charge in [0.15, 0.2) is 5.82 Å². The topological polar surface area (TPSA) is 62.1 Å². The highest BCUT2D eigenvalue weighted by Gasteiger charge is 2.47. The van der Waals surface area contributed by atoms with Crippen LogP contribution in [0, 0.1) is 0 Å². The van der Waals surface area contributed by atoms with Crippen LogP contribution in [-0.2, 0) is 10.3 Å². The molecule has 0 radical (unpaired) electrons. The van der Waals surface area contributed by atoms with Gasteiger partial charge in [0, 0.05) is 6.42 Å². The zero-order valence-electron chi connectivity index (χ0n) is 10.6. The molecule has 0 bridgehead atoms. The minimum atomic E-state index is -3.03. The lowest BCUT2D eigenvalue weighted by Gasteiger charge is -2.23. The van der Waals surface area contributed by atoms with Gasteiger partial charge in [-0.1, -0.05) is 6.08 Å². The number of azo groups is 1. The van der Waals surface area contributed by atoms with Gasteiger partial charge in [-0.2, -0.15) is 8.42 Å². The van der Waals surface area contributed by atoms with E-state index in [0.717, 1.165) is 4.90 Å². The molecule has 1 saturated heterocycles. The number of alkyl halides is 3. The van der Waals surface area contributed by atoms with Crippen LogP contribution in [0.3, 0.4) is 0 Å². The Morgan fingerprint density at radius 3 is 2.81 bits per heavy atom. The molecular weight excluding hydrogens is 307 g/mol. The van der Waals surface area contributed by atoms with Crippen molar-refractivity contribution in [3.05, 3.63) is 35.3 Å². The molecule has 0 N–H and O–H groups in total. The Morgan fingerprint density at radius 2 is 2.14 bits per heavy atom. The van der Waals surface area contributed by atoms with Crippen molar-refractivity contribution in [3.8, 4) is 0 Å². The smallest absolute Gasteiger partial charge is 0.267 e. The third-order valence-corrected chi connectivity index (χ3v) is 4.19. The van der Waals surface area contributed by atoms with Gasteiger partial charge in [-0.25, -0.2) is 13.2 Å². The molecule has 3 rings (SSSR count). The monoisotopic (exact) mass is 317 g/mol. The lowest BCUT2D eigenvalue weighted by Crippen LogP contribution is -2.31. The summed E-state index contributed by atoms with van der Waals surface area (Å²) in [4.78, 5) is 1.02. The van der Waals surface area contributed by atoms with Crippen LogP contribution >= 0.6 is 0 Å². The second-order valence-corrected chi connectivity index (χ2v) is 5.81. The normalized spacial score (nSPS) is 26.4. The fourth-order valence-electron chi connectivity index (χ4n) is 2.60. The van der Waals surface area contributed by atoms with E-state index in [0.29, 0.717) is 0 Å². The van der Waals surface area contributed by atoms with Crippen LogP contribution in [0.2, 0.25) is 0 Å². The Hall–Kier alpha value is -1.90. The molecule has 0 saturated carbocycles. The maximum atomic E-state index is 13.5. The zero-order chi connectivity index (χ0) is 15.2. The molecule has 0 aromatic carbocycles. The minimum absolute atomic E-state index is 0.00961. The Morgan fingerprint density at radius 1 is 1.38 bits per heavy atom. The standard InChI is InChI=1S/C12H10F3N3O2S/c13-5-7-4-12(14,15)6-18(7)11-10-8(16-17-11)2-1-3-9(10)21(19)20/h1-3,7H,4-6H2/t7-/m0/s1. The van der Waals surface area contributed by atoms with Gasteiger partial charge in [0.1, 0.15) is 11.5 Å². The van der Waals surface area contributed by atoms with E-state index in [1.54, 1.807) is 0 Å². The van der Waals surface area contributed by atoms with Crippen molar-refractivity contribution in [3.63, 3.8) is 0 Å². The van der Waals surface area contributed by atoms with Gasteiger partial charge in [0.05, 0.1) is 23.9 Å². The third kappa shape index (κ3) is 2.31. The summed E-state index contributed by atoms with van der Waals surface area (Å²) in [5.41, 5.74) is 0.432. The van der Waals surface area contributed by atoms with Gasteiger partial charge in [-0.05, 0) is 12.2 Å². The van der Waals surface area contributed by atoms with Gasteiger partial charge in [-0.3, -0.25) is 0 Å². The summed E-state index contributed by atoms with van der Waals surface area (Å²) in [7, 11) is -2.56. The lowest BCUT2D eigenvalue weighted by atomic mass is 10.0. The fraction of sp³-hybridized carbons (Fsp3) is 0.417. The summed E-state index contributed by atoms with van der Waals surface area (Å²) in [5.74, 6) is -3.04. The van der Waals surface area contributed by atoms with Gasteiger partial charge in [0.25, 0.3) is 5.92 Å². The molecule has 2 heterocycles. The van der Waals surface area contributed by atoms with E-state index in [9.17, 15) is 21.6 Å². The largest absolute Gasteiger partial charge is 0.343 e. The number of hydrogen-bond acceptors (Lipinski definition) is 5. The van der Waals surface area contributed by atoms with Crippen molar-refractivity contribution in [1.29, 1.82) is 0 Å². The molecule has 3 aliphatic rings. The number of fused-ring (bicyclic) bond motifs is 1. The van der Waals surface area contributed by atoms with E-state index in [4.69, 9.17) is 0 Å². The van der Waals surface area contributed by atoms with Gasteiger partial charge >= 0.3 is 0 Å². The number of nitrogens with zero attached hydrogens (tertiary/aromatic N) is 3. The lowest BCUT2D eigenvalue weighted by molar-refractivity contribution is 0.0142. The number of hydrogen-bond donors (Lipinski definition) is 0. The van der Waals surface area contributed by atoms with Crippen LogP contribution in [0.25, 0.3) is 0 Å². The molecule has 5 nitrogen and oxygen atoms in total. The average Bonchev–Trinajstić information content (AvgIpc) is 2.98. The molecule has 1 aliphatic carbocycles. The van der Waals surface area contributed by atoms with Crippen LogP contribution < -0.4 is 0 Å². The summed E-state index contributed by atoms with van der Waals surface area (Å²) in [5, 5.41) is 7.58. The highest BCUT2D eigenvalue weighted by molar-refractivity contribution is 7.73. The van der Waals surface area contributed by atoms with Gasteiger partial charge < -0.3 is 4.90 Å².